The first-order chi connectivity index (χ1) is 10.7. The molecule has 22 heavy (non-hydrogen) atoms. The van der Waals surface area contributed by atoms with Crippen LogP contribution in [0.2, 0.25) is 0 Å². The third kappa shape index (κ3) is 3.39. The van der Waals surface area contributed by atoms with Crippen LogP contribution in [-0.2, 0) is 6.54 Å². The Kier molecular flexibility index (Phi) is 4.27. The van der Waals surface area contributed by atoms with Crippen molar-refractivity contribution in [2.75, 3.05) is 5.32 Å². The number of aromatic nitrogens is 2. The van der Waals surface area contributed by atoms with E-state index in [1.54, 1.807) is 29.3 Å². The molecule has 1 aromatic heterocycles. The molecule has 1 N–H and O–H groups in total. The van der Waals surface area contributed by atoms with Crippen LogP contribution in [0.25, 0.3) is 0 Å². The number of hydrogen-bond donors (Lipinski definition) is 1. The fourth-order valence-corrected chi connectivity index (χ4v) is 2.45. The maximum atomic E-state index is 13.3. The Morgan fingerprint density at radius 2 is 2.18 bits per heavy atom. The van der Waals surface area contributed by atoms with Crippen LogP contribution in [0.5, 0.6) is 0 Å². The maximum Gasteiger partial charge on any atom is 0.323 e. The van der Waals surface area contributed by atoms with Crippen molar-refractivity contribution in [2.45, 2.75) is 31.8 Å². The second-order valence-electron chi connectivity index (χ2n) is 5.38. The third-order valence-corrected chi connectivity index (χ3v) is 3.83. The van der Waals surface area contributed by atoms with Crippen molar-refractivity contribution in [3.8, 4) is 0 Å². The number of rotatable bonds is 4. The molecular weight excluding hydrogens is 283 g/mol. The van der Waals surface area contributed by atoms with Gasteiger partial charge >= 0.3 is 6.03 Å². The summed E-state index contributed by atoms with van der Waals surface area (Å²) in [5.74, 6) is 0.122. The van der Waals surface area contributed by atoms with E-state index in [-0.39, 0.29) is 17.9 Å². The van der Waals surface area contributed by atoms with Crippen molar-refractivity contribution < 1.29 is 9.18 Å². The minimum Gasteiger partial charge on any atom is -0.317 e. The Balaban J connectivity index is 1.73. The van der Waals surface area contributed by atoms with Gasteiger partial charge in [-0.1, -0.05) is 12.1 Å². The Morgan fingerprint density at radius 1 is 1.32 bits per heavy atom. The van der Waals surface area contributed by atoms with Crippen LogP contribution in [0.1, 0.15) is 24.8 Å². The van der Waals surface area contributed by atoms with Crippen LogP contribution in [0, 0.1) is 5.82 Å². The normalized spacial score (nSPS) is 14.2. The number of carbonyl (C=O) groups is 1. The molecule has 2 amide bonds. The van der Waals surface area contributed by atoms with Crippen molar-refractivity contribution in [3.63, 3.8) is 0 Å². The fraction of sp³-hybridized carbons (Fsp3) is 0.312. The van der Waals surface area contributed by atoms with Gasteiger partial charge in [-0.3, -0.25) is 5.32 Å². The average molecular weight is 300 g/mol. The number of urea groups is 1. The number of benzene rings is 1. The van der Waals surface area contributed by atoms with Gasteiger partial charge in [0, 0.05) is 18.8 Å². The summed E-state index contributed by atoms with van der Waals surface area (Å²) in [6.07, 6.45) is 4.61. The topological polar surface area (TPSA) is 58.1 Å². The van der Waals surface area contributed by atoms with Gasteiger partial charge in [0.2, 0.25) is 0 Å². The highest BCUT2D eigenvalue weighted by molar-refractivity contribution is 5.88. The van der Waals surface area contributed by atoms with E-state index >= 15 is 0 Å². The molecule has 0 unspecified atom stereocenters. The van der Waals surface area contributed by atoms with Crippen LogP contribution >= 0.6 is 0 Å². The summed E-state index contributed by atoms with van der Waals surface area (Å²) in [5.41, 5.74) is 0.779. The lowest BCUT2D eigenvalue weighted by atomic mass is 9.91. The standard InChI is InChI=1S/C16H17FN4O/c17-13-5-1-4-12(10-13)11-21(14-6-2-7-14)16(22)19-15-8-3-9-18-20-15/h1,3-5,8-10,14H,2,6-7,11H2,(H,19,20,22). The van der Waals surface area contributed by atoms with Crippen LogP contribution in [0.15, 0.2) is 42.6 Å². The summed E-state index contributed by atoms with van der Waals surface area (Å²) >= 11 is 0. The van der Waals surface area contributed by atoms with Gasteiger partial charge in [0.15, 0.2) is 5.82 Å². The lowest BCUT2D eigenvalue weighted by Gasteiger charge is -2.37. The number of hydrogen-bond acceptors (Lipinski definition) is 3. The molecule has 0 saturated heterocycles. The monoisotopic (exact) mass is 300 g/mol. The largest absolute Gasteiger partial charge is 0.323 e. The molecular formula is C16H17FN4O. The molecule has 0 bridgehead atoms. The van der Waals surface area contributed by atoms with Crippen molar-refractivity contribution >= 4 is 11.8 Å². The Labute approximate surface area is 128 Å². The molecule has 0 spiro atoms. The molecule has 6 heteroatoms. The lowest BCUT2D eigenvalue weighted by molar-refractivity contribution is 0.143. The first kappa shape index (κ1) is 14.4. The van der Waals surface area contributed by atoms with E-state index in [1.807, 2.05) is 6.07 Å². The number of halogens is 1. The molecule has 0 aliphatic heterocycles. The first-order valence-electron chi connectivity index (χ1n) is 7.32. The number of nitrogens with zero attached hydrogens (tertiary/aromatic N) is 3. The lowest BCUT2D eigenvalue weighted by Crippen LogP contribution is -2.45. The van der Waals surface area contributed by atoms with Gasteiger partial charge in [0.1, 0.15) is 5.82 Å². The summed E-state index contributed by atoms with van der Waals surface area (Å²) < 4.78 is 13.3. The van der Waals surface area contributed by atoms with Crippen LogP contribution in [0.4, 0.5) is 15.0 Å². The number of nitrogens with one attached hydrogen (secondary N) is 1. The molecule has 1 fully saturated rings. The summed E-state index contributed by atoms with van der Waals surface area (Å²) in [4.78, 5) is 14.2. The molecule has 0 atom stereocenters. The van der Waals surface area contributed by atoms with Crippen LogP contribution in [0.3, 0.4) is 0 Å². The van der Waals surface area contributed by atoms with Gasteiger partial charge in [-0.05, 0) is 49.1 Å². The van der Waals surface area contributed by atoms with Gasteiger partial charge in [-0.2, -0.15) is 5.10 Å². The van der Waals surface area contributed by atoms with E-state index in [1.165, 1.54) is 12.1 Å². The van der Waals surface area contributed by atoms with Crippen LogP contribution < -0.4 is 5.32 Å². The van der Waals surface area contributed by atoms with E-state index in [2.05, 4.69) is 15.5 Å². The van der Waals surface area contributed by atoms with E-state index in [4.69, 9.17) is 0 Å². The van der Waals surface area contributed by atoms with E-state index in [0.717, 1.165) is 24.8 Å². The number of amides is 2. The highest BCUT2D eigenvalue weighted by Gasteiger charge is 2.29. The van der Waals surface area contributed by atoms with E-state index < -0.39 is 0 Å². The molecule has 114 valence electrons. The highest BCUT2D eigenvalue weighted by atomic mass is 19.1. The molecule has 0 radical (unpaired) electrons. The molecule has 3 rings (SSSR count). The van der Waals surface area contributed by atoms with Crippen molar-refractivity contribution in [1.29, 1.82) is 0 Å². The SMILES string of the molecule is O=C(Nc1cccnn1)N(Cc1cccc(F)c1)C1CCC1. The first-order valence-corrected chi connectivity index (χ1v) is 7.32. The zero-order valence-corrected chi connectivity index (χ0v) is 12.1. The van der Waals surface area contributed by atoms with Gasteiger partial charge in [-0.25, -0.2) is 9.18 Å². The van der Waals surface area contributed by atoms with Gasteiger partial charge in [0.05, 0.1) is 0 Å². The summed E-state index contributed by atoms with van der Waals surface area (Å²) in [6, 6.07) is 9.70. The molecule has 2 aromatic rings. The van der Waals surface area contributed by atoms with E-state index in [0.29, 0.717) is 12.4 Å². The summed E-state index contributed by atoms with van der Waals surface area (Å²) in [6.45, 7) is 0.383. The summed E-state index contributed by atoms with van der Waals surface area (Å²) in [5, 5.41) is 10.3. The molecule has 1 aromatic carbocycles. The maximum absolute atomic E-state index is 13.3. The molecule has 5 nitrogen and oxygen atoms in total. The molecule has 1 saturated carbocycles. The predicted molar refractivity (Wildman–Crippen MR) is 80.6 cm³/mol. The smallest absolute Gasteiger partial charge is 0.317 e. The van der Waals surface area contributed by atoms with Crippen molar-refractivity contribution in [1.82, 2.24) is 15.1 Å². The highest BCUT2D eigenvalue weighted by Crippen LogP contribution is 2.27. The van der Waals surface area contributed by atoms with Gasteiger partial charge in [0.25, 0.3) is 0 Å². The minimum absolute atomic E-state index is 0.194. The Morgan fingerprint density at radius 3 is 2.82 bits per heavy atom. The van der Waals surface area contributed by atoms with Crippen molar-refractivity contribution in [3.05, 3.63) is 54.0 Å². The zero-order chi connectivity index (χ0) is 15.4. The third-order valence-electron chi connectivity index (χ3n) is 3.83. The van der Waals surface area contributed by atoms with Crippen molar-refractivity contribution in [2.24, 2.45) is 0 Å². The number of anilines is 1. The zero-order valence-electron chi connectivity index (χ0n) is 12.1. The molecule has 1 heterocycles. The van der Waals surface area contributed by atoms with E-state index in [9.17, 15) is 9.18 Å². The second-order valence-corrected chi connectivity index (χ2v) is 5.38. The fourth-order valence-electron chi connectivity index (χ4n) is 2.45. The Hall–Kier alpha value is -2.50. The van der Waals surface area contributed by atoms with Gasteiger partial charge in [-0.15, -0.1) is 5.10 Å². The molecule has 1 aliphatic carbocycles. The number of carbonyl (C=O) groups excluding carboxylic acids is 1. The van der Waals surface area contributed by atoms with Gasteiger partial charge < -0.3 is 4.90 Å². The second kappa shape index (κ2) is 6.51. The summed E-state index contributed by atoms with van der Waals surface area (Å²) in [7, 11) is 0. The predicted octanol–water partition coefficient (Wildman–Crippen LogP) is 3.20. The van der Waals surface area contributed by atoms with Crippen LogP contribution in [-0.4, -0.2) is 27.2 Å². The minimum atomic E-state index is -0.291. The average Bonchev–Trinajstić information content (AvgIpc) is 2.46. The molecule has 1 aliphatic rings. The Bertz CT molecular complexity index is 646. The quantitative estimate of drug-likeness (QED) is 0.943.